The highest BCUT2D eigenvalue weighted by atomic mass is 32.1. The number of benzene rings is 6. The zero-order valence-electron chi connectivity index (χ0n) is 27.0. The lowest BCUT2D eigenvalue weighted by Crippen LogP contribution is -2.06. The van der Waals surface area contributed by atoms with E-state index in [2.05, 4.69) is 94.5 Å². The fraction of sp³-hybridized carbons (Fsp3) is 0. The maximum absolute atomic E-state index is 6.24. The molecule has 0 unspecified atom stereocenters. The van der Waals surface area contributed by atoms with E-state index in [9.17, 15) is 0 Å². The Hall–Kier alpha value is -6.70. The summed E-state index contributed by atoms with van der Waals surface area (Å²) in [5.41, 5.74) is 7.75. The third kappa shape index (κ3) is 4.22. The number of thiophene rings is 1. The van der Waals surface area contributed by atoms with Gasteiger partial charge in [0.15, 0.2) is 11.6 Å². The Balaban J connectivity index is 1.22. The minimum atomic E-state index is 0.546. The van der Waals surface area contributed by atoms with E-state index < -0.39 is 0 Å². The SMILES string of the molecule is c1ccc(-c2nc(-c3cccc4oc5ccncc5c34)nc(-n3c4ccccc4c4c(-c5cccc6c5sc5ccccc56)cccc43)n2)cc1. The highest BCUT2D eigenvalue weighted by Gasteiger charge is 2.22. The molecule has 5 aromatic heterocycles. The number of rotatable bonds is 4. The Morgan fingerprint density at radius 3 is 2.16 bits per heavy atom. The van der Waals surface area contributed by atoms with Crippen LogP contribution in [0.25, 0.3) is 104 Å². The Morgan fingerprint density at radius 2 is 1.22 bits per heavy atom. The van der Waals surface area contributed by atoms with Crippen LogP contribution in [0.15, 0.2) is 156 Å². The predicted molar refractivity (Wildman–Crippen MR) is 208 cm³/mol. The first-order valence-electron chi connectivity index (χ1n) is 16.8. The van der Waals surface area contributed by atoms with Crippen LogP contribution in [0.5, 0.6) is 0 Å². The molecule has 238 valence electrons. The van der Waals surface area contributed by atoms with Gasteiger partial charge in [0.2, 0.25) is 5.95 Å². The standard InChI is InChI=1S/C44H25N5OS/c1-2-11-26(12-3-1)42-46-43(32-18-10-21-37-40(32)33-25-45-24-23-36(33)50-37)48-44(47-42)49-34-19-6-4-14-31(34)39-28(15-9-20-35(39)49)30-17-8-16-29-27-13-5-7-22-38(27)51-41(29)30/h1-25H. The molecule has 6 nitrogen and oxygen atoms in total. The molecule has 0 radical (unpaired) electrons. The van der Waals surface area contributed by atoms with Crippen molar-refractivity contribution in [1.82, 2.24) is 24.5 Å². The highest BCUT2D eigenvalue weighted by molar-refractivity contribution is 7.26. The first kappa shape index (κ1) is 28.2. The number of pyridine rings is 1. The first-order valence-corrected chi connectivity index (χ1v) is 17.6. The van der Waals surface area contributed by atoms with Crippen LogP contribution >= 0.6 is 11.3 Å². The van der Waals surface area contributed by atoms with Gasteiger partial charge in [-0.2, -0.15) is 9.97 Å². The zero-order chi connectivity index (χ0) is 33.5. The molecule has 0 N–H and O–H groups in total. The Morgan fingerprint density at radius 1 is 0.490 bits per heavy atom. The lowest BCUT2D eigenvalue weighted by Gasteiger charge is -2.12. The molecule has 6 aromatic carbocycles. The molecule has 0 amide bonds. The first-order chi connectivity index (χ1) is 25.3. The summed E-state index contributed by atoms with van der Waals surface area (Å²) in [7, 11) is 0. The average molecular weight is 672 g/mol. The lowest BCUT2D eigenvalue weighted by atomic mass is 9.98. The second-order valence-electron chi connectivity index (χ2n) is 12.6. The molecule has 0 fully saturated rings. The third-order valence-corrected chi connectivity index (χ3v) is 11.0. The zero-order valence-corrected chi connectivity index (χ0v) is 27.8. The van der Waals surface area contributed by atoms with Crippen molar-refractivity contribution in [3.8, 4) is 39.9 Å². The van der Waals surface area contributed by atoms with Crippen molar-refractivity contribution < 1.29 is 4.42 Å². The molecule has 0 bridgehead atoms. The van der Waals surface area contributed by atoms with Gasteiger partial charge in [-0.1, -0.05) is 109 Å². The summed E-state index contributed by atoms with van der Waals surface area (Å²) in [5, 5.41) is 6.71. The fourth-order valence-corrected chi connectivity index (χ4v) is 8.81. The summed E-state index contributed by atoms with van der Waals surface area (Å²) < 4.78 is 11.0. The van der Waals surface area contributed by atoms with Crippen LogP contribution in [0.2, 0.25) is 0 Å². The van der Waals surface area contributed by atoms with Crippen LogP contribution in [-0.2, 0) is 0 Å². The number of hydrogen-bond donors (Lipinski definition) is 0. The molecule has 0 saturated carbocycles. The van der Waals surface area contributed by atoms with Gasteiger partial charge in [-0.05, 0) is 35.9 Å². The topological polar surface area (TPSA) is 69.6 Å². The van der Waals surface area contributed by atoms with Crippen molar-refractivity contribution >= 4 is 75.3 Å². The summed E-state index contributed by atoms with van der Waals surface area (Å²) in [6.07, 6.45) is 3.59. The van der Waals surface area contributed by atoms with E-state index in [0.717, 1.165) is 54.9 Å². The molecule has 5 heterocycles. The van der Waals surface area contributed by atoms with Gasteiger partial charge in [0.05, 0.1) is 11.0 Å². The molecule has 0 aliphatic rings. The number of furan rings is 1. The summed E-state index contributed by atoms with van der Waals surface area (Å²) in [6, 6.07) is 48.4. The fourth-order valence-electron chi connectivity index (χ4n) is 7.58. The minimum absolute atomic E-state index is 0.546. The Kier molecular flexibility index (Phi) is 6.02. The maximum Gasteiger partial charge on any atom is 0.238 e. The molecular weight excluding hydrogens is 647 g/mol. The highest BCUT2D eigenvalue weighted by Crippen LogP contribution is 2.44. The molecule has 11 aromatic rings. The van der Waals surface area contributed by atoms with Gasteiger partial charge in [-0.3, -0.25) is 9.55 Å². The smallest absolute Gasteiger partial charge is 0.238 e. The third-order valence-electron chi connectivity index (χ3n) is 9.79. The normalized spacial score (nSPS) is 11.9. The number of nitrogens with zero attached hydrogens (tertiary/aromatic N) is 5. The van der Waals surface area contributed by atoms with Crippen molar-refractivity contribution in [1.29, 1.82) is 0 Å². The van der Waals surface area contributed by atoms with Crippen molar-refractivity contribution in [2.24, 2.45) is 0 Å². The van der Waals surface area contributed by atoms with Gasteiger partial charge < -0.3 is 4.42 Å². The van der Waals surface area contributed by atoms with E-state index in [1.807, 2.05) is 72.1 Å². The monoisotopic (exact) mass is 671 g/mol. The van der Waals surface area contributed by atoms with Crippen molar-refractivity contribution in [2.75, 3.05) is 0 Å². The van der Waals surface area contributed by atoms with E-state index in [-0.39, 0.29) is 0 Å². The van der Waals surface area contributed by atoms with Gasteiger partial charge in [0, 0.05) is 70.8 Å². The molecule has 11 rings (SSSR count). The van der Waals surface area contributed by atoms with Crippen LogP contribution in [0.1, 0.15) is 0 Å². The van der Waals surface area contributed by atoms with E-state index in [1.165, 1.54) is 31.3 Å². The summed E-state index contributed by atoms with van der Waals surface area (Å²) in [4.78, 5) is 20.0. The molecule has 51 heavy (non-hydrogen) atoms. The summed E-state index contributed by atoms with van der Waals surface area (Å²) in [5.74, 6) is 1.70. The predicted octanol–water partition coefficient (Wildman–Crippen LogP) is 11.6. The van der Waals surface area contributed by atoms with E-state index in [4.69, 9.17) is 19.4 Å². The van der Waals surface area contributed by atoms with Crippen LogP contribution in [0.3, 0.4) is 0 Å². The van der Waals surface area contributed by atoms with Crippen molar-refractivity contribution in [3.05, 3.63) is 152 Å². The van der Waals surface area contributed by atoms with Gasteiger partial charge in [0.25, 0.3) is 0 Å². The van der Waals surface area contributed by atoms with Gasteiger partial charge in [0.1, 0.15) is 11.2 Å². The molecule has 0 aliphatic carbocycles. The van der Waals surface area contributed by atoms with Crippen LogP contribution in [0, 0.1) is 0 Å². The van der Waals surface area contributed by atoms with E-state index in [0.29, 0.717) is 17.6 Å². The number of hydrogen-bond acceptors (Lipinski definition) is 6. The maximum atomic E-state index is 6.24. The number of para-hydroxylation sites is 1. The second kappa shape index (κ2) is 10.9. The molecule has 0 saturated heterocycles. The van der Waals surface area contributed by atoms with E-state index in [1.54, 1.807) is 6.20 Å². The minimum Gasteiger partial charge on any atom is -0.456 e. The van der Waals surface area contributed by atoms with Crippen LogP contribution < -0.4 is 0 Å². The van der Waals surface area contributed by atoms with Crippen LogP contribution in [-0.4, -0.2) is 24.5 Å². The summed E-state index contributed by atoms with van der Waals surface area (Å²) >= 11 is 1.85. The van der Waals surface area contributed by atoms with E-state index >= 15 is 0 Å². The average Bonchev–Trinajstić information content (AvgIpc) is 3.88. The van der Waals surface area contributed by atoms with Crippen molar-refractivity contribution in [2.45, 2.75) is 0 Å². The lowest BCUT2D eigenvalue weighted by molar-refractivity contribution is 0.668. The number of aromatic nitrogens is 5. The van der Waals surface area contributed by atoms with Crippen molar-refractivity contribution in [3.63, 3.8) is 0 Å². The molecule has 0 atom stereocenters. The van der Waals surface area contributed by atoms with Gasteiger partial charge >= 0.3 is 0 Å². The summed E-state index contributed by atoms with van der Waals surface area (Å²) in [6.45, 7) is 0. The largest absolute Gasteiger partial charge is 0.456 e. The van der Waals surface area contributed by atoms with Gasteiger partial charge in [-0.15, -0.1) is 11.3 Å². The Labute approximate surface area is 294 Å². The molecule has 0 spiro atoms. The Bertz CT molecular complexity index is 3160. The number of fused-ring (bicyclic) bond motifs is 9. The second-order valence-corrected chi connectivity index (χ2v) is 13.7. The van der Waals surface area contributed by atoms with Crippen LogP contribution in [0.4, 0.5) is 0 Å². The molecule has 0 aliphatic heterocycles. The van der Waals surface area contributed by atoms with Gasteiger partial charge in [-0.25, -0.2) is 4.98 Å². The molecule has 7 heteroatoms. The molecular formula is C44H25N5OS. The quantitative estimate of drug-likeness (QED) is 0.186.